The molecule has 0 saturated carbocycles. The predicted octanol–water partition coefficient (Wildman–Crippen LogP) is 17.1. The lowest BCUT2D eigenvalue weighted by molar-refractivity contribution is -0.161. The average molecular weight is 1220 g/mol. The number of carbonyl (C=O) groups is 4. The molecule has 2 unspecified atom stereocenters. The van der Waals surface area contributed by atoms with Crippen molar-refractivity contribution < 1.29 is 80.2 Å². The monoisotopic (exact) mass is 1220 g/mol. The van der Waals surface area contributed by atoms with Gasteiger partial charge in [0.1, 0.15) is 19.3 Å². The molecule has 0 aromatic rings. The van der Waals surface area contributed by atoms with Gasteiger partial charge in [0.15, 0.2) is 12.2 Å². The number of aliphatic hydroxyl groups excluding tert-OH is 1. The van der Waals surface area contributed by atoms with E-state index in [0.717, 1.165) is 116 Å². The van der Waals surface area contributed by atoms with Crippen molar-refractivity contribution in [1.82, 2.24) is 0 Å². The van der Waals surface area contributed by atoms with E-state index < -0.39 is 97.5 Å². The van der Waals surface area contributed by atoms with E-state index in [1.165, 1.54) is 70.6 Å². The van der Waals surface area contributed by atoms with E-state index in [9.17, 15) is 43.2 Å². The number of allylic oxidation sites excluding steroid dienone is 4. The second kappa shape index (κ2) is 54.9. The van der Waals surface area contributed by atoms with Crippen LogP contribution < -0.4 is 0 Å². The molecule has 0 bridgehead atoms. The number of ether oxygens (including phenoxy) is 4. The first-order valence-corrected chi connectivity index (χ1v) is 35.7. The van der Waals surface area contributed by atoms with Crippen LogP contribution in [0.3, 0.4) is 0 Å². The van der Waals surface area contributed by atoms with Gasteiger partial charge in [-0.15, -0.1) is 0 Å². The molecule has 0 aliphatic carbocycles. The molecular formula is C64H120O17P2. The first kappa shape index (κ1) is 80.5. The first-order chi connectivity index (χ1) is 39.7. The van der Waals surface area contributed by atoms with Crippen LogP contribution in [0, 0.1) is 17.8 Å². The predicted molar refractivity (Wildman–Crippen MR) is 330 cm³/mol. The molecule has 0 radical (unpaired) electrons. The van der Waals surface area contributed by atoms with Gasteiger partial charge in [-0.1, -0.05) is 233 Å². The van der Waals surface area contributed by atoms with E-state index >= 15 is 0 Å². The molecule has 0 fully saturated rings. The molecule has 3 N–H and O–H groups in total. The van der Waals surface area contributed by atoms with Crippen LogP contribution in [0.1, 0.15) is 286 Å². The molecule has 0 aromatic heterocycles. The fourth-order valence-electron chi connectivity index (χ4n) is 8.94. The Morgan fingerprint density at radius 1 is 0.373 bits per heavy atom. The van der Waals surface area contributed by atoms with Gasteiger partial charge in [-0.3, -0.25) is 37.3 Å². The Labute approximate surface area is 503 Å². The number of rotatable bonds is 60. The summed E-state index contributed by atoms with van der Waals surface area (Å²) in [6.07, 6.45) is 38.9. The maximum Gasteiger partial charge on any atom is 0.472 e. The van der Waals surface area contributed by atoms with Gasteiger partial charge in [0.05, 0.1) is 26.4 Å². The molecule has 19 heteroatoms. The molecule has 0 spiro atoms. The summed E-state index contributed by atoms with van der Waals surface area (Å²) < 4.78 is 67.9. The summed E-state index contributed by atoms with van der Waals surface area (Å²) in [6.45, 7) is 11.5. The van der Waals surface area contributed by atoms with Crippen molar-refractivity contribution in [2.24, 2.45) is 17.8 Å². The van der Waals surface area contributed by atoms with Gasteiger partial charge in [-0.05, 0) is 69.1 Å². The smallest absolute Gasteiger partial charge is 0.462 e. The van der Waals surface area contributed by atoms with Crippen LogP contribution in [0.4, 0.5) is 0 Å². The number of phosphoric ester groups is 2. The van der Waals surface area contributed by atoms with E-state index in [2.05, 4.69) is 72.8 Å². The molecule has 83 heavy (non-hydrogen) atoms. The second-order valence-corrected chi connectivity index (χ2v) is 26.8. The van der Waals surface area contributed by atoms with E-state index in [1.807, 2.05) is 0 Å². The molecule has 0 aliphatic rings. The summed E-state index contributed by atoms with van der Waals surface area (Å²) in [4.78, 5) is 72.1. The molecular weight excluding hydrogens is 1100 g/mol. The number of esters is 4. The van der Waals surface area contributed by atoms with Gasteiger partial charge in [0.25, 0.3) is 0 Å². The molecule has 488 valence electrons. The normalized spacial score (nSPS) is 14.6. The highest BCUT2D eigenvalue weighted by atomic mass is 31.2. The molecule has 0 amide bonds. The average Bonchev–Trinajstić information content (AvgIpc) is 3.45. The summed E-state index contributed by atoms with van der Waals surface area (Å²) in [7, 11) is -9.90. The number of aliphatic hydroxyl groups is 1. The van der Waals surface area contributed by atoms with Crippen LogP contribution >= 0.6 is 15.6 Å². The topological polar surface area (TPSA) is 237 Å². The standard InChI is InChI=1S/C64H120O17P2/c1-8-9-10-11-12-13-14-15-16-17-18-19-22-33-40-47-63(68)80-59(52-75-62(67)46-39-32-26-24-29-36-43-56(4)5)53-78-82(70,71)76-49-58(65)50-77-83(72,73)79-54-60(81-64(69)48-41-34-27-25-30-37-44-57(6)7)51-74-61(66)45-38-31-23-20-21-28-35-42-55(2)3/h13-16,55-60,65H,8-12,17-54H2,1-7H3,(H,70,71)(H,72,73)/b14-13-,16-15-/t58-,59+,60+/m0/s1. The van der Waals surface area contributed by atoms with E-state index in [4.69, 9.17) is 37.0 Å². The molecule has 17 nitrogen and oxygen atoms in total. The largest absolute Gasteiger partial charge is 0.472 e. The summed E-state index contributed by atoms with van der Waals surface area (Å²) in [6, 6.07) is 0. The lowest BCUT2D eigenvalue weighted by atomic mass is 10.0. The van der Waals surface area contributed by atoms with E-state index in [1.54, 1.807) is 0 Å². The maximum absolute atomic E-state index is 13.0. The summed E-state index contributed by atoms with van der Waals surface area (Å²) in [5.41, 5.74) is 0. The van der Waals surface area contributed by atoms with Gasteiger partial charge < -0.3 is 33.8 Å². The van der Waals surface area contributed by atoms with Crippen LogP contribution in [-0.4, -0.2) is 96.7 Å². The molecule has 0 aliphatic heterocycles. The zero-order valence-corrected chi connectivity index (χ0v) is 54.9. The number of hydrogen-bond donors (Lipinski definition) is 3. The van der Waals surface area contributed by atoms with Gasteiger partial charge >= 0.3 is 39.5 Å². The summed E-state index contributed by atoms with van der Waals surface area (Å²) in [5, 5.41) is 10.5. The fourth-order valence-corrected chi connectivity index (χ4v) is 10.5. The van der Waals surface area contributed by atoms with Crippen molar-refractivity contribution in [3.8, 4) is 0 Å². The number of hydrogen-bond acceptors (Lipinski definition) is 15. The van der Waals surface area contributed by atoms with Gasteiger partial charge in [-0.25, -0.2) is 9.13 Å². The zero-order valence-electron chi connectivity index (χ0n) is 53.1. The van der Waals surface area contributed by atoms with Crippen LogP contribution in [0.5, 0.6) is 0 Å². The lowest BCUT2D eigenvalue weighted by Gasteiger charge is -2.21. The Morgan fingerprint density at radius 2 is 0.651 bits per heavy atom. The van der Waals surface area contributed by atoms with Crippen molar-refractivity contribution in [1.29, 1.82) is 0 Å². The minimum Gasteiger partial charge on any atom is -0.462 e. The third-order valence-electron chi connectivity index (χ3n) is 14.0. The first-order valence-electron chi connectivity index (χ1n) is 32.7. The number of phosphoric acid groups is 2. The molecule has 5 atom stereocenters. The Morgan fingerprint density at radius 3 is 0.976 bits per heavy atom. The molecule has 0 aromatic carbocycles. The van der Waals surface area contributed by atoms with Gasteiger partial charge in [-0.2, -0.15) is 0 Å². The Hall–Kier alpha value is -2.46. The van der Waals surface area contributed by atoms with E-state index in [0.29, 0.717) is 43.4 Å². The van der Waals surface area contributed by atoms with Crippen molar-refractivity contribution in [3.63, 3.8) is 0 Å². The summed E-state index contributed by atoms with van der Waals surface area (Å²) in [5.74, 6) is -0.127. The van der Waals surface area contributed by atoms with Crippen molar-refractivity contribution in [3.05, 3.63) is 24.3 Å². The van der Waals surface area contributed by atoms with Crippen LogP contribution in [-0.2, 0) is 65.4 Å². The number of unbranched alkanes of at least 4 members (excludes halogenated alkanes) is 25. The van der Waals surface area contributed by atoms with Crippen molar-refractivity contribution >= 4 is 39.5 Å². The minimum atomic E-state index is -4.95. The third-order valence-corrected chi connectivity index (χ3v) is 15.9. The Balaban J connectivity index is 5.26. The highest BCUT2D eigenvalue weighted by Crippen LogP contribution is 2.45. The molecule has 0 rings (SSSR count). The van der Waals surface area contributed by atoms with Crippen molar-refractivity contribution in [2.75, 3.05) is 39.6 Å². The van der Waals surface area contributed by atoms with Crippen LogP contribution in [0.2, 0.25) is 0 Å². The van der Waals surface area contributed by atoms with E-state index in [-0.39, 0.29) is 25.7 Å². The molecule has 0 saturated heterocycles. The maximum atomic E-state index is 13.0. The Bertz CT molecular complexity index is 1740. The minimum absolute atomic E-state index is 0.0831. The fraction of sp³-hybridized carbons (Fsp3) is 0.875. The van der Waals surface area contributed by atoms with Gasteiger partial charge in [0, 0.05) is 25.7 Å². The van der Waals surface area contributed by atoms with Crippen LogP contribution in [0.15, 0.2) is 24.3 Å². The highest BCUT2D eigenvalue weighted by Gasteiger charge is 2.30. The lowest BCUT2D eigenvalue weighted by Crippen LogP contribution is -2.30. The zero-order chi connectivity index (χ0) is 61.7. The number of carbonyl (C=O) groups excluding carboxylic acids is 4. The molecule has 0 heterocycles. The summed E-state index contributed by atoms with van der Waals surface area (Å²) >= 11 is 0. The quantitative estimate of drug-likeness (QED) is 0.0169. The highest BCUT2D eigenvalue weighted by molar-refractivity contribution is 7.47. The Kier molecular flexibility index (Phi) is 53.3. The van der Waals surface area contributed by atoms with Crippen LogP contribution in [0.25, 0.3) is 0 Å². The second-order valence-electron chi connectivity index (χ2n) is 23.9. The SMILES string of the molecule is CCCCCC/C=C\C=C/CCCCCCCC(=O)O[C@H](COC(=O)CCCCCCCCC(C)C)COP(=O)(O)OC[C@H](O)COP(=O)(O)OC[C@@H](COC(=O)CCCCCCCCCC(C)C)OC(=O)CCCCCCCCC(C)C. The third kappa shape index (κ3) is 58.3. The van der Waals surface area contributed by atoms with Crippen molar-refractivity contribution in [2.45, 2.75) is 304 Å². The van der Waals surface area contributed by atoms with Gasteiger partial charge in [0.2, 0.25) is 0 Å².